The van der Waals surface area contributed by atoms with Gasteiger partial charge in [-0.25, -0.2) is 4.39 Å². The van der Waals surface area contributed by atoms with Gasteiger partial charge in [-0.2, -0.15) is 0 Å². The molecule has 2 saturated carbocycles. The molecule has 0 aromatic heterocycles. The van der Waals surface area contributed by atoms with Crippen molar-refractivity contribution in [3.63, 3.8) is 0 Å². The van der Waals surface area contributed by atoms with Gasteiger partial charge in [-0.05, 0) is 86.3 Å². The fourth-order valence-electron chi connectivity index (χ4n) is 4.30. The second-order valence-electron chi connectivity index (χ2n) is 8.03. The molecule has 0 bridgehead atoms. The lowest BCUT2D eigenvalue weighted by Crippen LogP contribution is -2.13. The molecule has 23 heavy (non-hydrogen) atoms. The van der Waals surface area contributed by atoms with Crippen molar-refractivity contribution in [1.29, 1.82) is 0 Å². The highest BCUT2D eigenvalue weighted by Gasteiger charge is 2.22. The summed E-state index contributed by atoms with van der Waals surface area (Å²) >= 11 is 0. The summed E-state index contributed by atoms with van der Waals surface area (Å²) in [6.07, 6.45) is 15.5. The van der Waals surface area contributed by atoms with E-state index in [1.165, 1.54) is 56.9 Å². The first-order chi connectivity index (χ1) is 11.1. The number of benzene rings is 1. The van der Waals surface area contributed by atoms with Crippen molar-refractivity contribution in [3.05, 3.63) is 47.3 Å². The van der Waals surface area contributed by atoms with E-state index in [9.17, 15) is 4.39 Å². The Balaban J connectivity index is 1.49. The van der Waals surface area contributed by atoms with Gasteiger partial charge >= 0.3 is 0 Å². The number of allylic oxidation sites excluding steroid dienone is 2. The van der Waals surface area contributed by atoms with Crippen LogP contribution in [0.5, 0.6) is 0 Å². The largest absolute Gasteiger partial charge is 0.207 e. The van der Waals surface area contributed by atoms with Gasteiger partial charge < -0.3 is 0 Å². The fraction of sp³-hybridized carbons (Fsp3) is 0.636. The topological polar surface area (TPSA) is 0 Å². The third kappa shape index (κ3) is 4.46. The summed E-state index contributed by atoms with van der Waals surface area (Å²) in [5.74, 6) is 3.03. The SMILES string of the molecule is Cc1ccc(C2CCC(C=CC3CCC(C)CC3)CC2)cc1F. The van der Waals surface area contributed by atoms with Crippen LogP contribution in [0.1, 0.15) is 75.3 Å². The lowest BCUT2D eigenvalue weighted by atomic mass is 9.77. The van der Waals surface area contributed by atoms with Crippen LogP contribution in [-0.2, 0) is 0 Å². The molecule has 0 N–H and O–H groups in total. The first-order valence-electron chi connectivity index (χ1n) is 9.56. The Morgan fingerprint density at radius 2 is 1.43 bits per heavy atom. The lowest BCUT2D eigenvalue weighted by Gasteiger charge is -2.28. The molecule has 0 spiro atoms. The maximum atomic E-state index is 13.8. The van der Waals surface area contributed by atoms with Gasteiger partial charge in [-0.1, -0.05) is 44.1 Å². The number of rotatable bonds is 3. The minimum Gasteiger partial charge on any atom is -0.207 e. The van der Waals surface area contributed by atoms with Crippen LogP contribution in [0, 0.1) is 30.5 Å². The average Bonchev–Trinajstić information content (AvgIpc) is 2.57. The van der Waals surface area contributed by atoms with Gasteiger partial charge in [0.1, 0.15) is 5.82 Å². The quantitative estimate of drug-likeness (QED) is 0.539. The third-order valence-corrected chi connectivity index (χ3v) is 6.16. The second-order valence-corrected chi connectivity index (χ2v) is 8.03. The first kappa shape index (κ1) is 16.7. The smallest absolute Gasteiger partial charge is 0.126 e. The van der Waals surface area contributed by atoms with Crippen molar-refractivity contribution in [2.45, 2.75) is 71.1 Å². The van der Waals surface area contributed by atoms with E-state index >= 15 is 0 Å². The number of hydrogen-bond acceptors (Lipinski definition) is 0. The standard InChI is InChI=1S/C22H31F/c1-16-3-6-18(7-4-16)8-9-19-10-13-20(14-11-19)21-12-5-17(2)22(23)15-21/h5,8-9,12,15-16,18-20H,3-4,6-7,10-11,13-14H2,1-2H3. The van der Waals surface area contributed by atoms with Crippen LogP contribution >= 0.6 is 0 Å². The Bertz CT molecular complexity index is 529. The molecule has 126 valence electrons. The molecule has 0 radical (unpaired) electrons. The van der Waals surface area contributed by atoms with E-state index in [-0.39, 0.29) is 5.82 Å². The Morgan fingerprint density at radius 3 is 2.00 bits per heavy atom. The van der Waals surface area contributed by atoms with Crippen LogP contribution in [0.25, 0.3) is 0 Å². The van der Waals surface area contributed by atoms with Gasteiger partial charge in [-0.3, -0.25) is 0 Å². The van der Waals surface area contributed by atoms with Crippen LogP contribution < -0.4 is 0 Å². The summed E-state index contributed by atoms with van der Waals surface area (Å²) in [4.78, 5) is 0. The van der Waals surface area contributed by atoms with Crippen molar-refractivity contribution in [2.24, 2.45) is 17.8 Å². The first-order valence-corrected chi connectivity index (χ1v) is 9.56. The molecule has 1 heteroatoms. The second kappa shape index (κ2) is 7.64. The molecule has 0 aliphatic heterocycles. The molecule has 0 amide bonds. The predicted octanol–water partition coefficient (Wildman–Crippen LogP) is 6.79. The zero-order valence-corrected chi connectivity index (χ0v) is 14.7. The molecule has 0 unspecified atom stereocenters. The van der Waals surface area contributed by atoms with Crippen molar-refractivity contribution in [2.75, 3.05) is 0 Å². The molecule has 0 atom stereocenters. The van der Waals surface area contributed by atoms with Crippen LogP contribution in [-0.4, -0.2) is 0 Å². The normalized spacial score (nSPS) is 32.3. The third-order valence-electron chi connectivity index (χ3n) is 6.16. The molecular weight excluding hydrogens is 283 g/mol. The summed E-state index contributed by atoms with van der Waals surface area (Å²) < 4.78 is 13.8. The van der Waals surface area contributed by atoms with Crippen LogP contribution in [0.2, 0.25) is 0 Å². The Morgan fingerprint density at radius 1 is 0.870 bits per heavy atom. The molecule has 3 rings (SSSR count). The van der Waals surface area contributed by atoms with Gasteiger partial charge in [0.05, 0.1) is 0 Å². The fourth-order valence-corrected chi connectivity index (χ4v) is 4.30. The van der Waals surface area contributed by atoms with E-state index in [0.29, 0.717) is 5.92 Å². The molecule has 0 heterocycles. The molecule has 0 nitrogen and oxygen atoms in total. The number of aryl methyl sites for hydroxylation is 1. The molecule has 1 aromatic rings. The van der Waals surface area contributed by atoms with Crippen LogP contribution in [0.4, 0.5) is 4.39 Å². The summed E-state index contributed by atoms with van der Waals surface area (Å²) in [6.45, 7) is 4.22. The van der Waals surface area contributed by atoms with Gasteiger partial charge in [-0.15, -0.1) is 0 Å². The zero-order valence-electron chi connectivity index (χ0n) is 14.7. The monoisotopic (exact) mass is 314 g/mol. The molecule has 2 aliphatic rings. The van der Waals surface area contributed by atoms with Gasteiger partial charge in [0.25, 0.3) is 0 Å². The molecular formula is C22H31F. The van der Waals surface area contributed by atoms with E-state index in [4.69, 9.17) is 0 Å². The zero-order chi connectivity index (χ0) is 16.2. The summed E-state index contributed by atoms with van der Waals surface area (Å²) in [5.41, 5.74) is 1.96. The molecule has 2 fully saturated rings. The molecule has 2 aliphatic carbocycles. The summed E-state index contributed by atoms with van der Waals surface area (Å²) in [7, 11) is 0. The van der Waals surface area contributed by atoms with E-state index in [1.54, 1.807) is 6.07 Å². The predicted molar refractivity (Wildman–Crippen MR) is 96.1 cm³/mol. The van der Waals surface area contributed by atoms with Crippen molar-refractivity contribution in [1.82, 2.24) is 0 Å². The molecule has 1 aromatic carbocycles. The van der Waals surface area contributed by atoms with Gasteiger partial charge in [0.2, 0.25) is 0 Å². The van der Waals surface area contributed by atoms with Gasteiger partial charge in [0, 0.05) is 0 Å². The summed E-state index contributed by atoms with van der Waals surface area (Å²) in [6, 6.07) is 5.82. The van der Waals surface area contributed by atoms with Crippen LogP contribution in [0.15, 0.2) is 30.4 Å². The van der Waals surface area contributed by atoms with Crippen molar-refractivity contribution in [3.8, 4) is 0 Å². The average molecular weight is 314 g/mol. The van der Waals surface area contributed by atoms with Crippen molar-refractivity contribution >= 4 is 0 Å². The van der Waals surface area contributed by atoms with E-state index < -0.39 is 0 Å². The Kier molecular flexibility index (Phi) is 5.56. The minimum atomic E-state index is -0.0453. The highest BCUT2D eigenvalue weighted by Crippen LogP contribution is 2.37. The molecule has 0 saturated heterocycles. The maximum absolute atomic E-state index is 13.8. The van der Waals surface area contributed by atoms with Gasteiger partial charge in [0.15, 0.2) is 0 Å². The van der Waals surface area contributed by atoms with E-state index in [2.05, 4.69) is 25.1 Å². The number of halogens is 1. The minimum absolute atomic E-state index is 0.0453. The van der Waals surface area contributed by atoms with Crippen LogP contribution in [0.3, 0.4) is 0 Å². The highest BCUT2D eigenvalue weighted by molar-refractivity contribution is 5.26. The van der Waals surface area contributed by atoms with Crippen molar-refractivity contribution < 1.29 is 4.39 Å². The van der Waals surface area contributed by atoms with E-state index in [1.807, 2.05) is 13.0 Å². The maximum Gasteiger partial charge on any atom is 0.126 e. The van der Waals surface area contributed by atoms with E-state index in [0.717, 1.165) is 23.3 Å². The Labute approximate surface area is 141 Å². The Hall–Kier alpha value is -1.11. The number of hydrogen-bond donors (Lipinski definition) is 0. The lowest BCUT2D eigenvalue weighted by molar-refractivity contribution is 0.326. The highest BCUT2D eigenvalue weighted by atomic mass is 19.1. The summed E-state index contributed by atoms with van der Waals surface area (Å²) in [5, 5.41) is 0.